The van der Waals surface area contributed by atoms with Gasteiger partial charge in [-0.15, -0.1) is 0 Å². The number of hydrogen-bond acceptors (Lipinski definition) is 2. The van der Waals surface area contributed by atoms with Gasteiger partial charge in [-0.3, -0.25) is 0 Å². The highest BCUT2D eigenvalue weighted by Crippen LogP contribution is 2.47. The molecule has 0 aliphatic heterocycles. The summed E-state index contributed by atoms with van der Waals surface area (Å²) in [7, 11) is 1.60. The van der Waals surface area contributed by atoms with Gasteiger partial charge in [-0.1, -0.05) is 24.6 Å². The zero-order valence-electron chi connectivity index (χ0n) is 13.1. The lowest BCUT2D eigenvalue weighted by Crippen LogP contribution is -2.24. The van der Waals surface area contributed by atoms with Crippen LogP contribution in [0.15, 0.2) is 29.8 Å². The van der Waals surface area contributed by atoms with Crippen molar-refractivity contribution in [3.05, 3.63) is 35.4 Å². The van der Waals surface area contributed by atoms with E-state index in [4.69, 9.17) is 4.74 Å². The summed E-state index contributed by atoms with van der Waals surface area (Å²) in [6, 6.07) is 5.78. The number of hydrogen-bond donors (Lipinski definition) is 1. The molecule has 2 nitrogen and oxygen atoms in total. The van der Waals surface area contributed by atoms with E-state index >= 15 is 0 Å². The molecule has 110 valence electrons. The number of aromatic hydroxyl groups is 1. The van der Waals surface area contributed by atoms with Crippen LogP contribution in [0.3, 0.4) is 0 Å². The van der Waals surface area contributed by atoms with Crippen molar-refractivity contribution < 1.29 is 9.84 Å². The summed E-state index contributed by atoms with van der Waals surface area (Å²) in [5.74, 6) is 1.39. The summed E-state index contributed by atoms with van der Waals surface area (Å²) in [6.45, 7) is 6.78. The molecule has 0 bridgehead atoms. The van der Waals surface area contributed by atoms with Crippen LogP contribution in [-0.2, 0) is 0 Å². The van der Waals surface area contributed by atoms with Crippen molar-refractivity contribution in [2.75, 3.05) is 7.11 Å². The van der Waals surface area contributed by atoms with Crippen LogP contribution in [0.1, 0.15) is 57.9 Å². The van der Waals surface area contributed by atoms with E-state index in [2.05, 4.69) is 26.8 Å². The molecule has 0 saturated heterocycles. The zero-order chi connectivity index (χ0) is 14.8. The van der Waals surface area contributed by atoms with Crippen LogP contribution in [0.2, 0.25) is 0 Å². The first-order valence-corrected chi connectivity index (χ1v) is 7.50. The van der Waals surface area contributed by atoms with Gasteiger partial charge in [-0.2, -0.15) is 0 Å². The third kappa shape index (κ3) is 2.84. The third-order valence-electron chi connectivity index (χ3n) is 5.15. The highest BCUT2D eigenvalue weighted by atomic mass is 16.5. The molecule has 2 rings (SSSR count). The number of rotatable bonds is 3. The van der Waals surface area contributed by atoms with Gasteiger partial charge in [0.2, 0.25) is 0 Å². The molecule has 1 aromatic carbocycles. The molecule has 0 radical (unpaired) electrons. The molecule has 1 aromatic rings. The lowest BCUT2D eigenvalue weighted by Gasteiger charge is -2.38. The fourth-order valence-corrected chi connectivity index (χ4v) is 3.28. The van der Waals surface area contributed by atoms with Crippen molar-refractivity contribution in [2.45, 2.75) is 52.4 Å². The van der Waals surface area contributed by atoms with Crippen LogP contribution in [0.4, 0.5) is 0 Å². The Kier molecular flexibility index (Phi) is 4.42. The number of phenolic OH excluding ortho intramolecular Hbond substituents is 1. The van der Waals surface area contributed by atoms with Gasteiger partial charge in [-0.05, 0) is 68.6 Å². The summed E-state index contributed by atoms with van der Waals surface area (Å²) in [5.41, 5.74) is 3.17. The van der Waals surface area contributed by atoms with Crippen molar-refractivity contribution in [1.82, 2.24) is 0 Å². The smallest absolute Gasteiger partial charge is 0.160 e. The van der Waals surface area contributed by atoms with E-state index in [1.807, 2.05) is 12.1 Å². The minimum atomic E-state index is 0.224. The Morgan fingerprint density at radius 1 is 1.35 bits per heavy atom. The Hall–Kier alpha value is -1.44. The fourth-order valence-electron chi connectivity index (χ4n) is 3.28. The number of benzene rings is 1. The number of ether oxygens (including phenoxy) is 1. The molecule has 0 unspecified atom stereocenters. The van der Waals surface area contributed by atoms with Gasteiger partial charge in [-0.25, -0.2) is 0 Å². The van der Waals surface area contributed by atoms with E-state index in [0.29, 0.717) is 17.1 Å². The number of allylic oxidation sites excluding steroid dienone is 2. The van der Waals surface area contributed by atoms with Crippen LogP contribution in [0.5, 0.6) is 11.5 Å². The topological polar surface area (TPSA) is 29.5 Å². The van der Waals surface area contributed by atoms with Crippen molar-refractivity contribution in [2.24, 2.45) is 5.41 Å². The van der Waals surface area contributed by atoms with Gasteiger partial charge in [0.25, 0.3) is 0 Å². The Morgan fingerprint density at radius 3 is 2.55 bits per heavy atom. The van der Waals surface area contributed by atoms with Gasteiger partial charge < -0.3 is 9.84 Å². The number of methoxy groups -OCH3 is 1. The number of phenols is 1. The average molecular weight is 274 g/mol. The molecule has 1 aliphatic carbocycles. The van der Waals surface area contributed by atoms with E-state index in [9.17, 15) is 5.11 Å². The van der Waals surface area contributed by atoms with E-state index in [1.165, 1.54) is 36.8 Å². The van der Waals surface area contributed by atoms with Gasteiger partial charge >= 0.3 is 0 Å². The second kappa shape index (κ2) is 5.90. The zero-order valence-corrected chi connectivity index (χ0v) is 13.1. The highest BCUT2D eigenvalue weighted by Gasteiger charge is 2.32. The Bertz CT molecular complexity index is 494. The molecular weight excluding hydrogens is 248 g/mol. The molecule has 0 aromatic heterocycles. The minimum absolute atomic E-state index is 0.224. The van der Waals surface area contributed by atoms with Crippen molar-refractivity contribution in [3.63, 3.8) is 0 Å². The molecule has 0 amide bonds. The average Bonchev–Trinajstić information content (AvgIpc) is 2.48. The molecule has 0 spiro atoms. The molecule has 1 N–H and O–H groups in total. The molecule has 1 aliphatic rings. The first kappa shape index (κ1) is 15.0. The minimum Gasteiger partial charge on any atom is -0.504 e. The highest BCUT2D eigenvalue weighted by molar-refractivity contribution is 5.43. The quantitative estimate of drug-likeness (QED) is 0.783. The summed E-state index contributed by atoms with van der Waals surface area (Å²) >= 11 is 0. The van der Waals surface area contributed by atoms with E-state index in [-0.39, 0.29) is 5.75 Å². The lowest BCUT2D eigenvalue weighted by atomic mass is 9.66. The van der Waals surface area contributed by atoms with Crippen LogP contribution < -0.4 is 4.74 Å². The first-order chi connectivity index (χ1) is 9.50. The van der Waals surface area contributed by atoms with Gasteiger partial charge in [0.1, 0.15) is 0 Å². The SMILES string of the molecule is C/C=C(\C)C1(C)CCC(c2ccc(O)c(OC)c2)CC1. The maximum Gasteiger partial charge on any atom is 0.160 e. The predicted octanol–water partition coefficient (Wildman–Crippen LogP) is 5.03. The molecule has 1 saturated carbocycles. The Morgan fingerprint density at radius 2 is 2.00 bits per heavy atom. The molecule has 1 fully saturated rings. The third-order valence-corrected chi connectivity index (χ3v) is 5.15. The van der Waals surface area contributed by atoms with Crippen LogP contribution >= 0.6 is 0 Å². The summed E-state index contributed by atoms with van der Waals surface area (Å²) in [6.07, 6.45) is 7.13. The maximum absolute atomic E-state index is 9.69. The predicted molar refractivity (Wildman–Crippen MR) is 83.4 cm³/mol. The van der Waals surface area contributed by atoms with Crippen molar-refractivity contribution in [3.8, 4) is 11.5 Å². The monoisotopic (exact) mass is 274 g/mol. The first-order valence-electron chi connectivity index (χ1n) is 7.50. The lowest BCUT2D eigenvalue weighted by molar-refractivity contribution is 0.244. The largest absolute Gasteiger partial charge is 0.504 e. The summed E-state index contributed by atoms with van der Waals surface area (Å²) in [4.78, 5) is 0. The summed E-state index contributed by atoms with van der Waals surface area (Å²) < 4.78 is 5.21. The van der Waals surface area contributed by atoms with E-state index in [1.54, 1.807) is 13.2 Å². The Labute approximate surface area is 122 Å². The molecule has 20 heavy (non-hydrogen) atoms. The second-order valence-corrected chi connectivity index (χ2v) is 6.24. The van der Waals surface area contributed by atoms with E-state index in [0.717, 1.165) is 0 Å². The molecule has 0 heterocycles. The summed E-state index contributed by atoms with van der Waals surface area (Å²) in [5, 5.41) is 9.69. The van der Waals surface area contributed by atoms with Crippen molar-refractivity contribution in [1.29, 1.82) is 0 Å². The Balaban J connectivity index is 2.11. The van der Waals surface area contributed by atoms with Gasteiger partial charge in [0.05, 0.1) is 7.11 Å². The van der Waals surface area contributed by atoms with Crippen LogP contribution in [0, 0.1) is 5.41 Å². The van der Waals surface area contributed by atoms with Crippen LogP contribution in [-0.4, -0.2) is 12.2 Å². The molecular formula is C18H26O2. The van der Waals surface area contributed by atoms with E-state index < -0.39 is 0 Å². The second-order valence-electron chi connectivity index (χ2n) is 6.24. The van der Waals surface area contributed by atoms with Crippen molar-refractivity contribution >= 4 is 0 Å². The fraction of sp³-hybridized carbons (Fsp3) is 0.556. The van der Waals surface area contributed by atoms with Gasteiger partial charge in [0, 0.05) is 0 Å². The standard InChI is InChI=1S/C18H26O2/c1-5-13(2)18(3)10-8-14(9-11-18)15-6-7-16(19)17(12-15)20-4/h5-7,12,14,19H,8-11H2,1-4H3/b13-5+. The molecule has 0 atom stereocenters. The van der Waals surface area contributed by atoms with Gasteiger partial charge in [0.15, 0.2) is 11.5 Å². The maximum atomic E-state index is 9.69. The van der Waals surface area contributed by atoms with Crippen LogP contribution in [0.25, 0.3) is 0 Å². The molecule has 2 heteroatoms. The normalized spacial score (nSPS) is 27.4.